The van der Waals surface area contributed by atoms with Gasteiger partial charge in [0.1, 0.15) is 5.52 Å². The van der Waals surface area contributed by atoms with Crippen molar-refractivity contribution in [3.8, 4) is 0 Å². The van der Waals surface area contributed by atoms with Gasteiger partial charge in [-0.25, -0.2) is 4.98 Å². The number of rotatable bonds is 0. The third kappa shape index (κ3) is 1.47. The summed E-state index contributed by atoms with van der Waals surface area (Å²) in [6, 6.07) is 9.53. The minimum Gasteiger partial charge on any atom is -0.354 e. The predicted molar refractivity (Wildman–Crippen MR) is 84.0 cm³/mol. The summed E-state index contributed by atoms with van der Waals surface area (Å²) in [6.07, 6.45) is 1.73. The summed E-state index contributed by atoms with van der Waals surface area (Å²) in [5.74, 6) is 0. The number of pyridine rings is 1. The molecule has 2 aromatic heterocycles. The number of imidazole rings is 1. The van der Waals surface area contributed by atoms with Crippen molar-refractivity contribution in [1.29, 1.82) is 0 Å². The van der Waals surface area contributed by atoms with Gasteiger partial charge < -0.3 is 9.55 Å². The van der Waals surface area contributed by atoms with E-state index in [0.717, 1.165) is 26.5 Å². The molecular formula is C15H10BrN3O. The summed E-state index contributed by atoms with van der Waals surface area (Å²) in [7, 11) is 1.92. The zero-order valence-corrected chi connectivity index (χ0v) is 12.2. The Labute approximate surface area is 122 Å². The van der Waals surface area contributed by atoms with Gasteiger partial charge in [-0.05, 0) is 30.3 Å². The van der Waals surface area contributed by atoms with Crippen LogP contribution in [0.2, 0.25) is 0 Å². The molecule has 0 unspecified atom stereocenters. The molecule has 0 aliphatic carbocycles. The lowest BCUT2D eigenvalue weighted by Crippen LogP contribution is -2.05. The molecule has 4 aromatic rings. The molecule has 0 fully saturated rings. The zero-order chi connectivity index (χ0) is 13.9. The van der Waals surface area contributed by atoms with Crippen LogP contribution >= 0.6 is 15.9 Å². The fourth-order valence-electron chi connectivity index (χ4n) is 2.63. The molecule has 0 spiro atoms. The van der Waals surface area contributed by atoms with E-state index in [1.54, 1.807) is 6.33 Å². The quantitative estimate of drug-likeness (QED) is 0.504. The number of nitrogens with one attached hydrogen (secondary N) is 1. The smallest absolute Gasteiger partial charge is 0.199 e. The van der Waals surface area contributed by atoms with E-state index < -0.39 is 0 Å². The van der Waals surface area contributed by atoms with E-state index in [2.05, 4.69) is 25.9 Å². The van der Waals surface area contributed by atoms with Crippen LogP contribution in [0, 0.1) is 0 Å². The highest BCUT2D eigenvalue weighted by Crippen LogP contribution is 2.23. The van der Waals surface area contributed by atoms with Crippen molar-refractivity contribution < 1.29 is 0 Å². The molecule has 0 bridgehead atoms. The number of aromatic nitrogens is 3. The fourth-order valence-corrected chi connectivity index (χ4v) is 2.99. The molecule has 0 atom stereocenters. The summed E-state index contributed by atoms with van der Waals surface area (Å²) in [4.78, 5) is 20.4. The Hall–Kier alpha value is -2.14. The number of halogens is 1. The molecule has 0 saturated heterocycles. The minimum absolute atomic E-state index is 0.0190. The van der Waals surface area contributed by atoms with Crippen molar-refractivity contribution >= 4 is 48.8 Å². The summed E-state index contributed by atoms with van der Waals surface area (Å²) < 4.78 is 2.86. The van der Waals surface area contributed by atoms with Gasteiger partial charge in [0.05, 0.1) is 28.3 Å². The summed E-state index contributed by atoms with van der Waals surface area (Å²) in [5.41, 5.74) is 3.36. The molecule has 2 aromatic carbocycles. The van der Waals surface area contributed by atoms with Crippen LogP contribution in [0.3, 0.4) is 0 Å². The number of fused-ring (bicyclic) bond motifs is 4. The Kier molecular flexibility index (Phi) is 2.29. The van der Waals surface area contributed by atoms with Gasteiger partial charge in [-0.3, -0.25) is 4.79 Å². The van der Waals surface area contributed by atoms with E-state index in [4.69, 9.17) is 0 Å². The lowest BCUT2D eigenvalue weighted by Gasteiger charge is -2.04. The van der Waals surface area contributed by atoms with E-state index in [0.29, 0.717) is 10.8 Å². The zero-order valence-electron chi connectivity index (χ0n) is 10.6. The Balaban J connectivity index is 2.32. The van der Waals surface area contributed by atoms with Gasteiger partial charge in [-0.2, -0.15) is 0 Å². The Bertz CT molecular complexity index is 1050. The van der Waals surface area contributed by atoms with Crippen molar-refractivity contribution in [2.45, 2.75) is 0 Å². The third-order valence-corrected chi connectivity index (χ3v) is 4.11. The SMILES string of the molecule is Cn1cnc2c3c(=O)c4ccc(Br)cc4[nH]c3ccc21. The average molecular weight is 328 g/mol. The van der Waals surface area contributed by atoms with Crippen LogP contribution < -0.4 is 5.43 Å². The number of nitrogens with zero attached hydrogens (tertiary/aromatic N) is 2. The highest BCUT2D eigenvalue weighted by atomic mass is 79.9. The molecule has 4 rings (SSSR count). The van der Waals surface area contributed by atoms with Crippen LogP contribution in [0.4, 0.5) is 0 Å². The van der Waals surface area contributed by atoms with Crippen molar-refractivity contribution in [2.75, 3.05) is 0 Å². The number of hydrogen-bond donors (Lipinski definition) is 1. The molecule has 0 aliphatic heterocycles. The molecule has 0 radical (unpaired) electrons. The normalized spacial score (nSPS) is 11.7. The summed E-state index contributed by atoms with van der Waals surface area (Å²) >= 11 is 3.43. The topological polar surface area (TPSA) is 50.7 Å². The first-order chi connectivity index (χ1) is 9.65. The lowest BCUT2D eigenvalue weighted by atomic mass is 10.1. The van der Waals surface area contributed by atoms with Gasteiger partial charge in [-0.15, -0.1) is 0 Å². The van der Waals surface area contributed by atoms with Crippen LogP contribution in [0.25, 0.3) is 32.8 Å². The van der Waals surface area contributed by atoms with Gasteiger partial charge in [0.2, 0.25) is 0 Å². The van der Waals surface area contributed by atoms with Crippen LogP contribution in [0.5, 0.6) is 0 Å². The predicted octanol–water partition coefficient (Wildman–Crippen LogP) is 3.33. The second-order valence-corrected chi connectivity index (χ2v) is 5.77. The van der Waals surface area contributed by atoms with Crippen LogP contribution in [-0.4, -0.2) is 14.5 Å². The van der Waals surface area contributed by atoms with Gasteiger partial charge in [0.25, 0.3) is 0 Å². The van der Waals surface area contributed by atoms with Gasteiger partial charge in [-0.1, -0.05) is 15.9 Å². The van der Waals surface area contributed by atoms with E-state index in [1.165, 1.54) is 0 Å². The maximum atomic E-state index is 12.7. The highest BCUT2D eigenvalue weighted by molar-refractivity contribution is 9.10. The highest BCUT2D eigenvalue weighted by Gasteiger charge is 2.11. The first-order valence-electron chi connectivity index (χ1n) is 6.20. The van der Waals surface area contributed by atoms with E-state index in [-0.39, 0.29) is 5.43 Å². The second-order valence-electron chi connectivity index (χ2n) is 4.86. The molecule has 5 heteroatoms. The number of aromatic amines is 1. The van der Waals surface area contributed by atoms with E-state index in [9.17, 15) is 4.79 Å². The van der Waals surface area contributed by atoms with Gasteiger partial charge in [0, 0.05) is 16.9 Å². The summed E-state index contributed by atoms with van der Waals surface area (Å²) in [6.45, 7) is 0. The molecule has 0 aliphatic rings. The number of benzene rings is 2. The van der Waals surface area contributed by atoms with Gasteiger partial charge >= 0.3 is 0 Å². The Morgan fingerprint density at radius 3 is 2.90 bits per heavy atom. The molecular weight excluding hydrogens is 318 g/mol. The van der Waals surface area contributed by atoms with Crippen LogP contribution in [0.1, 0.15) is 0 Å². The number of aryl methyl sites for hydroxylation is 1. The molecule has 2 heterocycles. The van der Waals surface area contributed by atoms with Gasteiger partial charge in [0.15, 0.2) is 5.43 Å². The monoisotopic (exact) mass is 327 g/mol. The first kappa shape index (κ1) is 11.7. The molecule has 0 saturated carbocycles. The molecule has 0 amide bonds. The van der Waals surface area contributed by atoms with Crippen LogP contribution in [0.15, 0.2) is 45.9 Å². The van der Waals surface area contributed by atoms with E-state index in [1.807, 2.05) is 41.9 Å². The van der Waals surface area contributed by atoms with Crippen molar-refractivity contribution in [2.24, 2.45) is 7.05 Å². The molecule has 20 heavy (non-hydrogen) atoms. The lowest BCUT2D eigenvalue weighted by molar-refractivity contribution is 0.948. The van der Waals surface area contributed by atoms with Crippen LogP contribution in [-0.2, 0) is 7.05 Å². The molecule has 1 N–H and O–H groups in total. The second kappa shape index (κ2) is 3.93. The summed E-state index contributed by atoms with van der Waals surface area (Å²) in [5, 5.41) is 1.33. The number of hydrogen-bond acceptors (Lipinski definition) is 2. The average Bonchev–Trinajstić information content (AvgIpc) is 2.80. The van der Waals surface area contributed by atoms with E-state index >= 15 is 0 Å². The maximum Gasteiger partial charge on any atom is 0.199 e. The standard InChI is InChI=1S/C15H10BrN3O/c1-19-7-17-14-12(19)5-4-10-13(14)15(20)9-3-2-8(16)6-11(9)18-10/h2-7H,1H3,(H,18,20). The Morgan fingerprint density at radius 2 is 2.05 bits per heavy atom. The first-order valence-corrected chi connectivity index (χ1v) is 7.00. The Morgan fingerprint density at radius 1 is 1.20 bits per heavy atom. The van der Waals surface area contributed by atoms with Crippen molar-refractivity contribution in [1.82, 2.24) is 14.5 Å². The van der Waals surface area contributed by atoms with Crippen molar-refractivity contribution in [3.63, 3.8) is 0 Å². The minimum atomic E-state index is 0.0190. The number of H-pyrrole nitrogens is 1. The third-order valence-electron chi connectivity index (χ3n) is 3.62. The maximum absolute atomic E-state index is 12.7. The molecule has 98 valence electrons. The largest absolute Gasteiger partial charge is 0.354 e. The molecule has 4 nitrogen and oxygen atoms in total. The fraction of sp³-hybridized carbons (Fsp3) is 0.0667. The van der Waals surface area contributed by atoms with Crippen molar-refractivity contribution in [3.05, 3.63) is 51.4 Å².